The van der Waals surface area contributed by atoms with E-state index in [9.17, 15) is 4.79 Å². The number of carbonyl (C=O) groups excluding carboxylic acids is 1. The van der Waals surface area contributed by atoms with Gasteiger partial charge in [-0.3, -0.25) is 4.79 Å². The Labute approximate surface area is 73.9 Å². The molecular weight excluding hydrogens is 156 g/mol. The first-order valence-corrected chi connectivity index (χ1v) is 5.26. The highest BCUT2D eigenvalue weighted by molar-refractivity contribution is 8.00. The van der Waals surface area contributed by atoms with Gasteiger partial charge in [-0.25, -0.2) is 0 Å². The van der Waals surface area contributed by atoms with Crippen molar-refractivity contribution in [1.82, 2.24) is 0 Å². The lowest BCUT2D eigenvalue weighted by Gasteiger charge is -2.16. The number of hydrogen-bond acceptors (Lipinski definition) is 2. The molecule has 11 heavy (non-hydrogen) atoms. The van der Waals surface area contributed by atoms with Gasteiger partial charge in [0.2, 0.25) is 0 Å². The van der Waals surface area contributed by atoms with Crippen molar-refractivity contribution in [1.29, 1.82) is 0 Å². The van der Waals surface area contributed by atoms with Gasteiger partial charge in [0.1, 0.15) is 5.78 Å². The molecule has 0 heterocycles. The SMILES string of the molecule is CCCSC(C(C)=O)C(C)C. The minimum Gasteiger partial charge on any atom is -0.299 e. The van der Waals surface area contributed by atoms with Crippen molar-refractivity contribution in [2.24, 2.45) is 5.92 Å². The minimum atomic E-state index is 0.218. The van der Waals surface area contributed by atoms with Crippen LogP contribution in [0.2, 0.25) is 0 Å². The summed E-state index contributed by atoms with van der Waals surface area (Å²) in [5.74, 6) is 1.89. The summed E-state index contributed by atoms with van der Waals surface area (Å²) < 4.78 is 0. The van der Waals surface area contributed by atoms with Gasteiger partial charge in [-0.15, -0.1) is 0 Å². The monoisotopic (exact) mass is 174 g/mol. The quantitative estimate of drug-likeness (QED) is 0.637. The zero-order valence-electron chi connectivity index (χ0n) is 7.89. The first kappa shape index (κ1) is 11.0. The topological polar surface area (TPSA) is 17.1 Å². The first-order valence-electron chi connectivity index (χ1n) is 4.21. The van der Waals surface area contributed by atoms with Crippen molar-refractivity contribution in [2.45, 2.75) is 39.4 Å². The number of Topliss-reactive ketones (excluding diaryl/α,β-unsaturated/α-hetero) is 1. The van der Waals surface area contributed by atoms with Crippen LogP contribution in [-0.4, -0.2) is 16.8 Å². The zero-order valence-corrected chi connectivity index (χ0v) is 8.70. The molecule has 0 aliphatic rings. The van der Waals surface area contributed by atoms with Crippen LogP contribution in [0.5, 0.6) is 0 Å². The van der Waals surface area contributed by atoms with E-state index in [4.69, 9.17) is 0 Å². The Hall–Kier alpha value is 0.0200. The van der Waals surface area contributed by atoms with E-state index in [2.05, 4.69) is 20.8 Å². The number of thioether (sulfide) groups is 1. The van der Waals surface area contributed by atoms with E-state index in [0.29, 0.717) is 11.7 Å². The lowest BCUT2D eigenvalue weighted by atomic mass is 10.1. The lowest BCUT2D eigenvalue weighted by Crippen LogP contribution is -2.20. The van der Waals surface area contributed by atoms with Gasteiger partial charge in [-0.05, 0) is 25.0 Å². The summed E-state index contributed by atoms with van der Waals surface area (Å²) in [6.45, 7) is 8.04. The minimum absolute atomic E-state index is 0.218. The maximum Gasteiger partial charge on any atom is 0.143 e. The summed E-state index contributed by atoms with van der Waals surface area (Å²) in [4.78, 5) is 11.1. The highest BCUT2D eigenvalue weighted by Crippen LogP contribution is 2.20. The smallest absolute Gasteiger partial charge is 0.143 e. The molecule has 0 aliphatic carbocycles. The van der Waals surface area contributed by atoms with Gasteiger partial charge in [-0.1, -0.05) is 20.8 Å². The molecule has 0 aromatic rings. The molecule has 0 fully saturated rings. The van der Waals surface area contributed by atoms with Gasteiger partial charge in [0.15, 0.2) is 0 Å². The standard InChI is InChI=1S/C9H18OS/c1-5-6-11-9(7(2)3)8(4)10/h7,9H,5-6H2,1-4H3. The molecule has 0 spiro atoms. The van der Waals surface area contributed by atoms with E-state index in [1.807, 2.05) is 0 Å². The second-order valence-electron chi connectivity index (χ2n) is 3.15. The Morgan fingerprint density at radius 1 is 1.45 bits per heavy atom. The molecule has 0 radical (unpaired) electrons. The van der Waals surface area contributed by atoms with Crippen LogP contribution in [0, 0.1) is 5.92 Å². The Morgan fingerprint density at radius 3 is 2.27 bits per heavy atom. The molecule has 0 saturated carbocycles. The fraction of sp³-hybridized carbons (Fsp3) is 0.889. The largest absolute Gasteiger partial charge is 0.299 e. The van der Waals surface area contributed by atoms with Crippen LogP contribution in [0.3, 0.4) is 0 Å². The highest BCUT2D eigenvalue weighted by Gasteiger charge is 2.17. The van der Waals surface area contributed by atoms with Crippen molar-refractivity contribution in [3.63, 3.8) is 0 Å². The van der Waals surface area contributed by atoms with Crippen molar-refractivity contribution in [3.05, 3.63) is 0 Å². The van der Waals surface area contributed by atoms with E-state index < -0.39 is 0 Å². The number of carbonyl (C=O) groups is 1. The summed E-state index contributed by atoms with van der Waals surface area (Å²) in [7, 11) is 0. The maximum absolute atomic E-state index is 11.1. The second kappa shape index (κ2) is 5.64. The summed E-state index contributed by atoms with van der Waals surface area (Å²) in [6, 6.07) is 0. The predicted octanol–water partition coefficient (Wildman–Crippen LogP) is 2.74. The summed E-state index contributed by atoms with van der Waals surface area (Å²) in [5.41, 5.74) is 0. The molecule has 0 N–H and O–H groups in total. The van der Waals surface area contributed by atoms with Crippen molar-refractivity contribution < 1.29 is 4.79 Å². The van der Waals surface area contributed by atoms with Crippen molar-refractivity contribution >= 4 is 17.5 Å². The van der Waals surface area contributed by atoms with E-state index >= 15 is 0 Å². The van der Waals surface area contributed by atoms with Gasteiger partial charge in [-0.2, -0.15) is 11.8 Å². The molecular formula is C9H18OS. The van der Waals surface area contributed by atoms with E-state index in [-0.39, 0.29) is 5.25 Å². The van der Waals surface area contributed by atoms with E-state index in [1.54, 1.807) is 18.7 Å². The summed E-state index contributed by atoms with van der Waals surface area (Å²) in [5, 5.41) is 0.218. The lowest BCUT2D eigenvalue weighted by molar-refractivity contribution is -0.117. The molecule has 1 atom stereocenters. The van der Waals surface area contributed by atoms with Crippen LogP contribution in [0.15, 0.2) is 0 Å². The fourth-order valence-corrected chi connectivity index (χ4v) is 2.13. The number of hydrogen-bond donors (Lipinski definition) is 0. The van der Waals surface area contributed by atoms with Crippen molar-refractivity contribution in [2.75, 3.05) is 5.75 Å². The normalized spacial score (nSPS) is 13.5. The molecule has 0 rings (SSSR count). The van der Waals surface area contributed by atoms with Crippen LogP contribution in [0.1, 0.15) is 34.1 Å². The number of rotatable bonds is 5. The first-order chi connectivity index (χ1) is 5.09. The zero-order chi connectivity index (χ0) is 8.85. The molecule has 0 amide bonds. The van der Waals surface area contributed by atoms with Crippen molar-refractivity contribution in [3.8, 4) is 0 Å². The average molecular weight is 174 g/mol. The third-order valence-corrected chi connectivity index (χ3v) is 3.39. The van der Waals surface area contributed by atoms with Crippen LogP contribution < -0.4 is 0 Å². The Kier molecular flexibility index (Phi) is 5.65. The Balaban J connectivity index is 3.80. The molecule has 2 heteroatoms. The molecule has 0 saturated heterocycles. The van der Waals surface area contributed by atoms with Crippen LogP contribution in [0.25, 0.3) is 0 Å². The van der Waals surface area contributed by atoms with Gasteiger partial charge in [0.25, 0.3) is 0 Å². The predicted molar refractivity (Wildman–Crippen MR) is 52.1 cm³/mol. The average Bonchev–Trinajstić information content (AvgIpc) is 1.87. The fourth-order valence-electron chi connectivity index (χ4n) is 1.02. The summed E-state index contributed by atoms with van der Waals surface area (Å²) in [6.07, 6.45) is 1.15. The molecule has 0 aliphatic heterocycles. The van der Waals surface area contributed by atoms with Gasteiger partial charge < -0.3 is 0 Å². The molecule has 0 bridgehead atoms. The van der Waals surface area contributed by atoms with E-state index in [0.717, 1.165) is 12.2 Å². The van der Waals surface area contributed by atoms with Crippen LogP contribution >= 0.6 is 11.8 Å². The van der Waals surface area contributed by atoms with Gasteiger partial charge >= 0.3 is 0 Å². The molecule has 0 aromatic carbocycles. The Bertz CT molecular complexity index is 121. The maximum atomic E-state index is 11.1. The molecule has 66 valence electrons. The molecule has 1 unspecified atom stereocenters. The third kappa shape index (κ3) is 4.46. The molecule has 0 aromatic heterocycles. The van der Waals surface area contributed by atoms with Crippen LogP contribution in [-0.2, 0) is 4.79 Å². The third-order valence-electron chi connectivity index (χ3n) is 1.51. The van der Waals surface area contributed by atoms with E-state index in [1.165, 1.54) is 0 Å². The Morgan fingerprint density at radius 2 is 2.00 bits per heavy atom. The number of ketones is 1. The second-order valence-corrected chi connectivity index (χ2v) is 4.40. The van der Waals surface area contributed by atoms with Gasteiger partial charge in [0.05, 0.1) is 5.25 Å². The molecule has 1 nitrogen and oxygen atoms in total. The van der Waals surface area contributed by atoms with Gasteiger partial charge in [0, 0.05) is 0 Å². The highest BCUT2D eigenvalue weighted by atomic mass is 32.2. The van der Waals surface area contributed by atoms with Crippen LogP contribution in [0.4, 0.5) is 0 Å². The summed E-state index contributed by atoms with van der Waals surface area (Å²) >= 11 is 1.79.